The van der Waals surface area contributed by atoms with Crippen molar-refractivity contribution in [2.45, 2.75) is 31.3 Å². The number of hydrogen-bond donors (Lipinski definition) is 1. The first kappa shape index (κ1) is 9.47. The van der Waals surface area contributed by atoms with E-state index in [2.05, 4.69) is 18.2 Å². The van der Waals surface area contributed by atoms with Gasteiger partial charge in [-0.25, -0.2) is 0 Å². The van der Waals surface area contributed by atoms with E-state index in [0.717, 1.165) is 25.7 Å². The van der Waals surface area contributed by atoms with Crippen molar-refractivity contribution in [2.24, 2.45) is 0 Å². The summed E-state index contributed by atoms with van der Waals surface area (Å²) in [6.07, 6.45) is 7.74. The first-order chi connectivity index (χ1) is 6.79. The van der Waals surface area contributed by atoms with Crippen LogP contribution in [0.5, 0.6) is 0 Å². The summed E-state index contributed by atoms with van der Waals surface area (Å²) in [5.74, 6) is 0. The van der Waals surface area contributed by atoms with E-state index in [1.54, 1.807) is 0 Å². The Bertz CT molecular complexity index is 315. The summed E-state index contributed by atoms with van der Waals surface area (Å²) in [6.45, 7) is 0. The Morgan fingerprint density at radius 3 is 2.64 bits per heavy atom. The number of benzene rings is 1. The summed E-state index contributed by atoms with van der Waals surface area (Å²) in [4.78, 5) is 0. The molecule has 14 heavy (non-hydrogen) atoms. The van der Waals surface area contributed by atoms with Crippen molar-refractivity contribution < 1.29 is 5.11 Å². The van der Waals surface area contributed by atoms with Crippen molar-refractivity contribution in [1.82, 2.24) is 0 Å². The van der Waals surface area contributed by atoms with Gasteiger partial charge in [0.05, 0.1) is 5.60 Å². The van der Waals surface area contributed by atoms with Crippen LogP contribution in [0.25, 0.3) is 0 Å². The molecule has 0 heterocycles. The van der Waals surface area contributed by atoms with Crippen molar-refractivity contribution in [3.05, 3.63) is 48.0 Å². The second-order valence-electron chi connectivity index (χ2n) is 4.03. The number of aryl methyl sites for hydroxylation is 1. The van der Waals surface area contributed by atoms with E-state index in [0.29, 0.717) is 0 Å². The summed E-state index contributed by atoms with van der Waals surface area (Å²) in [5, 5.41) is 10.1. The molecule has 2 rings (SSSR count). The molecule has 1 aromatic carbocycles. The SMILES string of the molecule is OC1(CCc2ccccc2)C=CCC1. The molecule has 0 aromatic heterocycles. The fourth-order valence-corrected chi connectivity index (χ4v) is 1.93. The Kier molecular flexibility index (Phi) is 2.69. The van der Waals surface area contributed by atoms with Gasteiger partial charge in [-0.15, -0.1) is 0 Å². The molecule has 1 aromatic rings. The van der Waals surface area contributed by atoms with E-state index in [1.807, 2.05) is 24.3 Å². The van der Waals surface area contributed by atoms with Crippen LogP contribution in [-0.2, 0) is 6.42 Å². The van der Waals surface area contributed by atoms with E-state index in [-0.39, 0.29) is 0 Å². The van der Waals surface area contributed by atoms with Gasteiger partial charge in [-0.2, -0.15) is 0 Å². The van der Waals surface area contributed by atoms with Crippen LogP contribution in [0, 0.1) is 0 Å². The third kappa shape index (κ3) is 2.24. The topological polar surface area (TPSA) is 20.2 Å². The number of rotatable bonds is 3. The van der Waals surface area contributed by atoms with Gasteiger partial charge < -0.3 is 5.11 Å². The molecule has 0 bridgehead atoms. The highest BCUT2D eigenvalue weighted by Gasteiger charge is 2.25. The lowest BCUT2D eigenvalue weighted by Crippen LogP contribution is -2.23. The summed E-state index contributed by atoms with van der Waals surface area (Å²) in [7, 11) is 0. The van der Waals surface area contributed by atoms with E-state index >= 15 is 0 Å². The Morgan fingerprint density at radius 2 is 2.00 bits per heavy atom. The quantitative estimate of drug-likeness (QED) is 0.723. The molecule has 0 amide bonds. The van der Waals surface area contributed by atoms with E-state index in [1.165, 1.54) is 5.56 Å². The Hall–Kier alpha value is -1.08. The summed E-state index contributed by atoms with van der Waals surface area (Å²) in [5.41, 5.74) is 0.775. The van der Waals surface area contributed by atoms with Crippen molar-refractivity contribution in [3.8, 4) is 0 Å². The van der Waals surface area contributed by atoms with Gasteiger partial charge in [0.15, 0.2) is 0 Å². The monoisotopic (exact) mass is 188 g/mol. The highest BCUT2D eigenvalue weighted by atomic mass is 16.3. The van der Waals surface area contributed by atoms with Crippen LogP contribution in [0.2, 0.25) is 0 Å². The zero-order valence-electron chi connectivity index (χ0n) is 8.32. The maximum Gasteiger partial charge on any atom is 0.0833 e. The van der Waals surface area contributed by atoms with Crippen LogP contribution in [0.15, 0.2) is 42.5 Å². The van der Waals surface area contributed by atoms with Gasteiger partial charge in [-0.1, -0.05) is 42.5 Å². The van der Waals surface area contributed by atoms with Gasteiger partial charge in [0.2, 0.25) is 0 Å². The molecule has 1 atom stereocenters. The van der Waals surface area contributed by atoms with Crippen molar-refractivity contribution >= 4 is 0 Å². The zero-order chi connectivity index (χ0) is 9.86. The largest absolute Gasteiger partial charge is 0.386 e. The molecule has 0 radical (unpaired) electrons. The highest BCUT2D eigenvalue weighted by molar-refractivity contribution is 5.17. The second-order valence-corrected chi connectivity index (χ2v) is 4.03. The van der Waals surface area contributed by atoms with E-state index in [9.17, 15) is 5.11 Å². The zero-order valence-corrected chi connectivity index (χ0v) is 8.32. The lowest BCUT2D eigenvalue weighted by atomic mass is 9.94. The minimum atomic E-state index is -0.532. The molecule has 0 fully saturated rings. The van der Waals surface area contributed by atoms with Crippen LogP contribution < -0.4 is 0 Å². The minimum Gasteiger partial charge on any atom is -0.386 e. The minimum absolute atomic E-state index is 0.532. The summed E-state index contributed by atoms with van der Waals surface area (Å²) >= 11 is 0. The maximum atomic E-state index is 10.1. The third-order valence-electron chi connectivity index (χ3n) is 2.86. The molecule has 1 N–H and O–H groups in total. The predicted molar refractivity (Wildman–Crippen MR) is 58.1 cm³/mol. The maximum absolute atomic E-state index is 10.1. The van der Waals surface area contributed by atoms with Crippen LogP contribution in [0.3, 0.4) is 0 Å². The molecular weight excluding hydrogens is 172 g/mol. The Morgan fingerprint density at radius 1 is 1.21 bits per heavy atom. The smallest absolute Gasteiger partial charge is 0.0833 e. The molecule has 1 heteroatoms. The second kappa shape index (κ2) is 3.97. The van der Waals surface area contributed by atoms with Gasteiger partial charge in [0, 0.05) is 0 Å². The number of hydrogen-bond acceptors (Lipinski definition) is 1. The molecule has 0 aliphatic heterocycles. The summed E-state index contributed by atoms with van der Waals surface area (Å²) in [6, 6.07) is 10.3. The summed E-state index contributed by atoms with van der Waals surface area (Å²) < 4.78 is 0. The molecule has 1 nitrogen and oxygen atoms in total. The Labute approximate surface area is 85.1 Å². The van der Waals surface area contributed by atoms with Gasteiger partial charge in [0.25, 0.3) is 0 Å². The molecule has 1 aliphatic carbocycles. The average Bonchev–Trinajstić information content (AvgIpc) is 2.65. The van der Waals surface area contributed by atoms with Gasteiger partial charge in [-0.05, 0) is 31.2 Å². The van der Waals surface area contributed by atoms with Crippen molar-refractivity contribution in [1.29, 1.82) is 0 Å². The normalized spacial score (nSPS) is 25.5. The van der Waals surface area contributed by atoms with Gasteiger partial charge in [-0.3, -0.25) is 0 Å². The Balaban J connectivity index is 1.91. The molecule has 0 saturated heterocycles. The lowest BCUT2D eigenvalue weighted by Gasteiger charge is -2.19. The lowest BCUT2D eigenvalue weighted by molar-refractivity contribution is 0.0818. The van der Waals surface area contributed by atoms with E-state index < -0.39 is 5.60 Å². The van der Waals surface area contributed by atoms with Crippen LogP contribution in [0.4, 0.5) is 0 Å². The number of allylic oxidation sites excluding steroid dienone is 1. The molecule has 1 aliphatic rings. The van der Waals surface area contributed by atoms with Crippen molar-refractivity contribution in [3.63, 3.8) is 0 Å². The van der Waals surface area contributed by atoms with Crippen LogP contribution in [0.1, 0.15) is 24.8 Å². The standard InChI is InChI=1S/C13H16O/c14-13(9-4-5-10-13)11-8-12-6-2-1-3-7-12/h1-4,6-7,9,14H,5,8,10-11H2. The predicted octanol–water partition coefficient (Wildman–Crippen LogP) is 2.70. The fourth-order valence-electron chi connectivity index (χ4n) is 1.93. The first-order valence-corrected chi connectivity index (χ1v) is 5.23. The molecule has 0 saturated carbocycles. The van der Waals surface area contributed by atoms with Crippen LogP contribution in [-0.4, -0.2) is 10.7 Å². The van der Waals surface area contributed by atoms with Gasteiger partial charge in [0.1, 0.15) is 0 Å². The molecule has 1 unspecified atom stereocenters. The van der Waals surface area contributed by atoms with Crippen molar-refractivity contribution in [2.75, 3.05) is 0 Å². The van der Waals surface area contributed by atoms with Crippen LogP contribution >= 0.6 is 0 Å². The van der Waals surface area contributed by atoms with E-state index in [4.69, 9.17) is 0 Å². The molecular formula is C13H16O. The molecule has 0 spiro atoms. The first-order valence-electron chi connectivity index (χ1n) is 5.23. The van der Waals surface area contributed by atoms with Gasteiger partial charge >= 0.3 is 0 Å². The third-order valence-corrected chi connectivity index (χ3v) is 2.86. The molecule has 74 valence electrons. The average molecular weight is 188 g/mol. The number of aliphatic hydroxyl groups is 1. The highest BCUT2D eigenvalue weighted by Crippen LogP contribution is 2.27. The fraction of sp³-hybridized carbons (Fsp3) is 0.385.